The molecule has 0 saturated carbocycles. The van der Waals surface area contributed by atoms with Crippen LogP contribution < -0.4 is 10.6 Å². The van der Waals surface area contributed by atoms with Crippen LogP contribution in [0.5, 0.6) is 0 Å². The Bertz CT molecular complexity index is 1080. The highest BCUT2D eigenvalue weighted by Gasteiger charge is 2.32. The largest absolute Gasteiger partial charge is 0.453 e. The van der Waals surface area contributed by atoms with Crippen molar-refractivity contribution in [3.8, 4) is 0 Å². The first-order valence-corrected chi connectivity index (χ1v) is 11.6. The van der Waals surface area contributed by atoms with Crippen LogP contribution in [0.1, 0.15) is 23.2 Å². The molecule has 0 aliphatic carbocycles. The number of amides is 3. The lowest BCUT2D eigenvalue weighted by Crippen LogP contribution is -2.41. The Morgan fingerprint density at radius 3 is 2.39 bits per heavy atom. The number of hydrogen-bond donors (Lipinski definition) is 2. The number of nitrogens with zero attached hydrogens (tertiary/aromatic N) is 1. The van der Waals surface area contributed by atoms with Gasteiger partial charge in [-0.05, 0) is 48.6 Å². The number of anilines is 1. The van der Waals surface area contributed by atoms with Gasteiger partial charge >= 0.3 is 6.09 Å². The van der Waals surface area contributed by atoms with Crippen molar-refractivity contribution in [1.29, 1.82) is 0 Å². The minimum absolute atomic E-state index is 0.00310. The summed E-state index contributed by atoms with van der Waals surface area (Å²) in [6.45, 7) is 0.274. The highest BCUT2D eigenvalue weighted by molar-refractivity contribution is 7.89. The number of piperidine rings is 1. The van der Waals surface area contributed by atoms with Crippen LogP contribution in [-0.2, 0) is 19.6 Å². The zero-order chi connectivity index (χ0) is 22.6. The van der Waals surface area contributed by atoms with Crippen LogP contribution in [0.3, 0.4) is 0 Å². The smallest absolute Gasteiger partial charge is 0.413 e. The van der Waals surface area contributed by atoms with Gasteiger partial charge < -0.3 is 10.1 Å². The number of benzene rings is 1. The Hall–Kier alpha value is -2.83. The van der Waals surface area contributed by atoms with Gasteiger partial charge in [0.1, 0.15) is 10.8 Å². The molecule has 1 aromatic heterocycles. The first-order valence-electron chi connectivity index (χ1n) is 9.25. The predicted molar refractivity (Wildman–Crippen MR) is 111 cm³/mol. The minimum Gasteiger partial charge on any atom is -0.453 e. The highest BCUT2D eigenvalue weighted by atomic mass is 32.2. The monoisotopic (exact) mass is 469 g/mol. The molecule has 2 heterocycles. The number of halogens is 1. The van der Waals surface area contributed by atoms with E-state index in [1.54, 1.807) is 5.38 Å². The molecule has 2 N–H and O–H groups in total. The zero-order valence-electron chi connectivity index (χ0n) is 16.5. The van der Waals surface area contributed by atoms with E-state index in [0.29, 0.717) is 12.8 Å². The van der Waals surface area contributed by atoms with E-state index in [-0.39, 0.29) is 34.5 Å². The second-order valence-electron chi connectivity index (χ2n) is 6.73. The number of thiophene rings is 1. The summed E-state index contributed by atoms with van der Waals surface area (Å²) in [5.74, 6) is -2.02. The van der Waals surface area contributed by atoms with Crippen LogP contribution >= 0.6 is 11.3 Å². The molecule has 9 nitrogen and oxygen atoms in total. The van der Waals surface area contributed by atoms with Crippen molar-refractivity contribution in [2.45, 2.75) is 17.7 Å². The Morgan fingerprint density at radius 1 is 1.13 bits per heavy atom. The Morgan fingerprint density at radius 2 is 1.77 bits per heavy atom. The van der Waals surface area contributed by atoms with Crippen LogP contribution in [0.15, 0.2) is 40.6 Å². The van der Waals surface area contributed by atoms with Crippen molar-refractivity contribution in [1.82, 2.24) is 9.62 Å². The van der Waals surface area contributed by atoms with Crippen molar-refractivity contribution < 1.29 is 31.9 Å². The fraction of sp³-hybridized carbons (Fsp3) is 0.316. The summed E-state index contributed by atoms with van der Waals surface area (Å²) in [5, 5.41) is 6.59. The van der Waals surface area contributed by atoms with E-state index in [4.69, 9.17) is 0 Å². The van der Waals surface area contributed by atoms with Gasteiger partial charge in [-0.1, -0.05) is 0 Å². The SMILES string of the molecule is COC(=O)NC(=O)c1ccsc1NC(=O)C1CCN(S(=O)(=O)c2ccc(F)cc2)CC1. The summed E-state index contributed by atoms with van der Waals surface area (Å²) in [6.07, 6.45) is -0.328. The topological polar surface area (TPSA) is 122 Å². The standard InChI is InChI=1S/C19H20FN3O6S2/c1-29-19(26)22-17(25)15-8-11-30-18(15)21-16(24)12-6-9-23(10-7-12)31(27,28)14-4-2-13(20)3-5-14/h2-5,8,11-12H,6-7,9-10H2,1H3,(H,21,24)(H,22,25,26). The van der Waals surface area contributed by atoms with Gasteiger partial charge in [0.2, 0.25) is 15.9 Å². The van der Waals surface area contributed by atoms with E-state index >= 15 is 0 Å². The molecule has 1 aliphatic rings. The molecule has 3 rings (SSSR count). The van der Waals surface area contributed by atoms with Gasteiger partial charge in [-0.2, -0.15) is 4.31 Å². The minimum atomic E-state index is -3.77. The molecule has 1 saturated heterocycles. The third-order valence-electron chi connectivity index (χ3n) is 4.82. The maximum Gasteiger partial charge on any atom is 0.413 e. The third-order valence-corrected chi connectivity index (χ3v) is 7.57. The predicted octanol–water partition coefficient (Wildman–Crippen LogP) is 2.42. The Kier molecular flexibility index (Phi) is 7.03. The zero-order valence-corrected chi connectivity index (χ0v) is 18.1. The van der Waals surface area contributed by atoms with Crippen molar-refractivity contribution in [2.24, 2.45) is 5.92 Å². The number of imide groups is 1. The molecule has 0 radical (unpaired) electrons. The van der Waals surface area contributed by atoms with Gasteiger partial charge in [0, 0.05) is 19.0 Å². The lowest BCUT2D eigenvalue weighted by Gasteiger charge is -2.30. The van der Waals surface area contributed by atoms with Crippen molar-refractivity contribution in [3.63, 3.8) is 0 Å². The number of methoxy groups -OCH3 is 1. The fourth-order valence-electron chi connectivity index (χ4n) is 3.12. The van der Waals surface area contributed by atoms with Gasteiger partial charge in [-0.25, -0.2) is 17.6 Å². The number of alkyl carbamates (subject to hydrolysis) is 1. The van der Waals surface area contributed by atoms with E-state index in [1.807, 2.05) is 5.32 Å². The van der Waals surface area contributed by atoms with Gasteiger partial charge in [0.15, 0.2) is 0 Å². The molecule has 2 aromatic rings. The maximum absolute atomic E-state index is 13.1. The van der Waals surface area contributed by atoms with E-state index in [2.05, 4.69) is 10.1 Å². The molecule has 0 spiro atoms. The Balaban J connectivity index is 1.60. The van der Waals surface area contributed by atoms with Crippen LogP contribution in [-0.4, -0.2) is 50.8 Å². The van der Waals surface area contributed by atoms with Gasteiger partial charge in [-0.15, -0.1) is 11.3 Å². The van der Waals surface area contributed by atoms with Crippen LogP contribution in [0.2, 0.25) is 0 Å². The van der Waals surface area contributed by atoms with Crippen molar-refractivity contribution >= 4 is 44.3 Å². The fourth-order valence-corrected chi connectivity index (χ4v) is 5.38. The second kappa shape index (κ2) is 9.54. The first-order chi connectivity index (χ1) is 14.7. The molecule has 31 heavy (non-hydrogen) atoms. The molecule has 3 amide bonds. The number of carbonyl (C=O) groups is 3. The normalized spacial score (nSPS) is 15.3. The summed E-state index contributed by atoms with van der Waals surface area (Å²) in [7, 11) is -2.64. The van der Waals surface area contributed by atoms with Gasteiger partial charge in [0.05, 0.1) is 17.6 Å². The van der Waals surface area contributed by atoms with Crippen LogP contribution in [0.25, 0.3) is 0 Å². The number of hydrogen-bond acceptors (Lipinski definition) is 7. The molecular formula is C19H20FN3O6S2. The quantitative estimate of drug-likeness (QED) is 0.694. The lowest BCUT2D eigenvalue weighted by atomic mass is 9.97. The highest BCUT2D eigenvalue weighted by Crippen LogP contribution is 2.28. The van der Waals surface area contributed by atoms with E-state index in [9.17, 15) is 27.2 Å². The van der Waals surface area contributed by atoms with Crippen LogP contribution in [0, 0.1) is 11.7 Å². The third kappa shape index (κ3) is 5.27. The molecule has 1 aliphatic heterocycles. The molecule has 166 valence electrons. The average Bonchev–Trinajstić information content (AvgIpc) is 3.22. The van der Waals surface area contributed by atoms with Gasteiger partial charge in [0.25, 0.3) is 5.91 Å². The molecule has 12 heteroatoms. The van der Waals surface area contributed by atoms with Crippen molar-refractivity contribution in [3.05, 3.63) is 47.1 Å². The molecule has 1 aromatic carbocycles. The van der Waals surface area contributed by atoms with Crippen LogP contribution in [0.4, 0.5) is 14.2 Å². The van der Waals surface area contributed by atoms with Crippen molar-refractivity contribution in [2.75, 3.05) is 25.5 Å². The number of carbonyl (C=O) groups excluding carboxylic acids is 3. The summed E-state index contributed by atoms with van der Waals surface area (Å²) in [5.41, 5.74) is 0.125. The van der Waals surface area contributed by atoms with Gasteiger partial charge in [-0.3, -0.25) is 14.9 Å². The summed E-state index contributed by atoms with van der Waals surface area (Å²) >= 11 is 1.13. The molecule has 0 atom stereocenters. The number of ether oxygens (including phenoxy) is 1. The molecule has 0 unspecified atom stereocenters. The second-order valence-corrected chi connectivity index (χ2v) is 9.58. The lowest BCUT2D eigenvalue weighted by molar-refractivity contribution is -0.120. The molecular weight excluding hydrogens is 449 g/mol. The summed E-state index contributed by atoms with van der Waals surface area (Å²) in [6, 6.07) is 6.06. The van der Waals surface area contributed by atoms with E-state index < -0.39 is 33.8 Å². The molecule has 0 bridgehead atoms. The van der Waals surface area contributed by atoms with E-state index in [0.717, 1.165) is 30.6 Å². The Labute approximate surface area is 182 Å². The number of nitrogens with one attached hydrogen (secondary N) is 2. The maximum atomic E-state index is 13.1. The van der Waals surface area contributed by atoms with E-state index in [1.165, 1.54) is 22.5 Å². The average molecular weight is 470 g/mol. The number of rotatable bonds is 5. The first kappa shape index (κ1) is 22.8. The molecule has 1 fully saturated rings. The summed E-state index contributed by atoms with van der Waals surface area (Å²) < 4.78 is 44.1. The number of sulfonamides is 1. The summed E-state index contributed by atoms with van der Waals surface area (Å²) in [4.78, 5) is 36.0.